The SMILES string of the molecule is CC(=O)O[C@H]1CC[C@H]2[C@@H]3[C@H](CCCCCCCCCCCO)Cc4cc(OC(=O)c5ccccc5)ccc4[C@H]3CC[C@]12C. The van der Waals surface area contributed by atoms with E-state index < -0.39 is 0 Å². The molecule has 0 heterocycles. The van der Waals surface area contributed by atoms with Crippen molar-refractivity contribution in [3.8, 4) is 5.75 Å². The number of aliphatic hydroxyl groups is 1. The highest BCUT2D eigenvalue weighted by Gasteiger charge is 2.58. The van der Waals surface area contributed by atoms with Crippen molar-refractivity contribution in [2.24, 2.45) is 23.2 Å². The van der Waals surface area contributed by atoms with Crippen LogP contribution in [0, 0.1) is 23.2 Å². The van der Waals surface area contributed by atoms with Crippen molar-refractivity contribution in [2.75, 3.05) is 6.61 Å². The van der Waals surface area contributed by atoms with Gasteiger partial charge in [-0.15, -0.1) is 0 Å². The van der Waals surface area contributed by atoms with E-state index in [4.69, 9.17) is 14.6 Å². The molecule has 0 aromatic heterocycles. The fraction of sp³-hybridized carbons (Fsp3) is 0.632. The van der Waals surface area contributed by atoms with Crippen LogP contribution in [0.3, 0.4) is 0 Å². The minimum Gasteiger partial charge on any atom is -0.462 e. The van der Waals surface area contributed by atoms with E-state index in [-0.39, 0.29) is 23.5 Å². The second kappa shape index (κ2) is 14.9. The summed E-state index contributed by atoms with van der Waals surface area (Å²) in [5.41, 5.74) is 3.42. The average molecular weight is 589 g/mol. The fourth-order valence-corrected chi connectivity index (χ4v) is 8.95. The molecular formula is C38H52O5. The molecule has 1 N–H and O–H groups in total. The molecule has 43 heavy (non-hydrogen) atoms. The molecule has 6 atom stereocenters. The summed E-state index contributed by atoms with van der Waals surface area (Å²) in [5.74, 6) is 2.47. The highest BCUT2D eigenvalue weighted by molar-refractivity contribution is 5.91. The normalized spacial score (nSPS) is 27.6. The Morgan fingerprint density at radius 3 is 2.28 bits per heavy atom. The third-order valence-electron chi connectivity index (χ3n) is 11.0. The molecule has 0 bridgehead atoms. The van der Waals surface area contributed by atoms with Gasteiger partial charge in [-0.05, 0) is 104 Å². The van der Waals surface area contributed by atoms with Crippen molar-refractivity contribution < 1.29 is 24.2 Å². The summed E-state index contributed by atoms with van der Waals surface area (Å²) in [7, 11) is 0. The lowest BCUT2D eigenvalue weighted by molar-refractivity contribution is -0.155. The van der Waals surface area contributed by atoms with Gasteiger partial charge in [0.25, 0.3) is 0 Å². The predicted octanol–water partition coefficient (Wildman–Crippen LogP) is 8.81. The molecular weight excluding hydrogens is 536 g/mol. The second-order valence-electron chi connectivity index (χ2n) is 13.8. The third-order valence-corrected chi connectivity index (χ3v) is 11.0. The minimum absolute atomic E-state index is 0.0372. The number of benzene rings is 2. The topological polar surface area (TPSA) is 72.8 Å². The van der Waals surface area contributed by atoms with Gasteiger partial charge in [-0.2, -0.15) is 0 Å². The highest BCUT2D eigenvalue weighted by atomic mass is 16.5. The molecule has 2 saturated carbocycles. The van der Waals surface area contributed by atoms with Gasteiger partial charge in [0.15, 0.2) is 0 Å². The molecule has 0 aliphatic heterocycles. The number of carbonyl (C=O) groups excluding carboxylic acids is 2. The summed E-state index contributed by atoms with van der Waals surface area (Å²) in [6.45, 7) is 4.27. The number of ether oxygens (including phenoxy) is 2. The summed E-state index contributed by atoms with van der Waals surface area (Å²) in [6, 6.07) is 15.6. The smallest absolute Gasteiger partial charge is 0.343 e. The van der Waals surface area contributed by atoms with E-state index in [1.807, 2.05) is 24.3 Å². The maximum absolute atomic E-state index is 12.8. The maximum Gasteiger partial charge on any atom is 0.343 e. The van der Waals surface area contributed by atoms with Crippen LogP contribution in [0.1, 0.15) is 131 Å². The first-order chi connectivity index (χ1) is 20.9. The summed E-state index contributed by atoms with van der Waals surface area (Å²) in [4.78, 5) is 24.8. The maximum atomic E-state index is 12.8. The van der Waals surface area contributed by atoms with Crippen LogP contribution in [0.25, 0.3) is 0 Å². The van der Waals surface area contributed by atoms with E-state index in [9.17, 15) is 9.59 Å². The van der Waals surface area contributed by atoms with E-state index in [2.05, 4.69) is 19.1 Å². The quantitative estimate of drug-likeness (QED) is 0.136. The van der Waals surface area contributed by atoms with Crippen LogP contribution in [0.5, 0.6) is 5.75 Å². The number of fused-ring (bicyclic) bond motifs is 5. The lowest BCUT2D eigenvalue weighted by Gasteiger charge is -2.53. The minimum atomic E-state index is -0.310. The Morgan fingerprint density at radius 2 is 1.58 bits per heavy atom. The monoisotopic (exact) mass is 588 g/mol. The number of aliphatic hydroxyl groups excluding tert-OH is 1. The molecule has 2 aromatic rings. The van der Waals surface area contributed by atoms with Gasteiger partial charge in [0.05, 0.1) is 5.56 Å². The first-order valence-electron chi connectivity index (χ1n) is 17.1. The van der Waals surface area contributed by atoms with Crippen molar-refractivity contribution in [1.82, 2.24) is 0 Å². The molecule has 5 heteroatoms. The summed E-state index contributed by atoms with van der Waals surface area (Å²) >= 11 is 0. The molecule has 0 spiro atoms. The number of esters is 2. The Kier molecular flexibility index (Phi) is 11.0. The van der Waals surface area contributed by atoms with E-state index in [1.54, 1.807) is 19.1 Å². The summed E-state index contributed by atoms with van der Waals surface area (Å²) in [5, 5.41) is 8.96. The zero-order valence-corrected chi connectivity index (χ0v) is 26.4. The van der Waals surface area contributed by atoms with Gasteiger partial charge in [-0.3, -0.25) is 4.79 Å². The zero-order valence-electron chi connectivity index (χ0n) is 26.4. The van der Waals surface area contributed by atoms with Gasteiger partial charge in [-0.1, -0.05) is 82.6 Å². The number of unbranched alkanes of at least 4 members (excludes halogenated alkanes) is 8. The van der Waals surface area contributed by atoms with Crippen LogP contribution in [0.15, 0.2) is 48.5 Å². The van der Waals surface area contributed by atoms with Gasteiger partial charge in [0, 0.05) is 18.9 Å². The van der Waals surface area contributed by atoms with Crippen LogP contribution < -0.4 is 4.74 Å². The number of carbonyl (C=O) groups is 2. The van der Waals surface area contributed by atoms with Gasteiger partial charge >= 0.3 is 11.9 Å². The largest absolute Gasteiger partial charge is 0.462 e. The van der Waals surface area contributed by atoms with E-state index in [1.165, 1.54) is 62.5 Å². The molecule has 5 nitrogen and oxygen atoms in total. The predicted molar refractivity (Wildman–Crippen MR) is 170 cm³/mol. The Hall–Kier alpha value is -2.66. The van der Waals surface area contributed by atoms with Crippen LogP contribution in [0.4, 0.5) is 0 Å². The Morgan fingerprint density at radius 1 is 0.884 bits per heavy atom. The first-order valence-corrected chi connectivity index (χ1v) is 17.1. The number of hydrogen-bond acceptors (Lipinski definition) is 5. The number of hydrogen-bond donors (Lipinski definition) is 1. The lowest BCUT2D eigenvalue weighted by Crippen LogP contribution is -2.48. The molecule has 5 rings (SSSR count). The van der Waals surface area contributed by atoms with Crippen LogP contribution in [-0.2, 0) is 16.0 Å². The number of rotatable bonds is 14. The third kappa shape index (κ3) is 7.53. The molecule has 234 valence electrons. The van der Waals surface area contributed by atoms with Gasteiger partial charge in [0.2, 0.25) is 0 Å². The van der Waals surface area contributed by atoms with Crippen molar-refractivity contribution in [3.63, 3.8) is 0 Å². The molecule has 0 saturated heterocycles. The highest BCUT2D eigenvalue weighted by Crippen LogP contribution is 2.63. The van der Waals surface area contributed by atoms with Gasteiger partial charge in [0.1, 0.15) is 11.9 Å². The summed E-state index contributed by atoms with van der Waals surface area (Å²) < 4.78 is 11.8. The van der Waals surface area contributed by atoms with Crippen LogP contribution in [0.2, 0.25) is 0 Å². The Labute approximate surface area is 258 Å². The second-order valence-corrected chi connectivity index (χ2v) is 13.8. The summed E-state index contributed by atoms with van der Waals surface area (Å²) in [6.07, 6.45) is 17.7. The van der Waals surface area contributed by atoms with Crippen molar-refractivity contribution >= 4 is 11.9 Å². The molecule has 0 radical (unpaired) electrons. The Balaban J connectivity index is 1.28. The molecule has 0 unspecified atom stereocenters. The average Bonchev–Trinajstić information content (AvgIpc) is 3.33. The first kappa shape index (κ1) is 31.8. The van der Waals surface area contributed by atoms with Crippen molar-refractivity contribution in [2.45, 2.75) is 122 Å². The van der Waals surface area contributed by atoms with Crippen LogP contribution in [-0.4, -0.2) is 29.8 Å². The molecule has 3 aliphatic carbocycles. The lowest BCUT2D eigenvalue weighted by atomic mass is 9.52. The van der Waals surface area contributed by atoms with Crippen LogP contribution >= 0.6 is 0 Å². The van der Waals surface area contributed by atoms with Crippen molar-refractivity contribution in [3.05, 3.63) is 65.2 Å². The van der Waals surface area contributed by atoms with E-state index >= 15 is 0 Å². The van der Waals surface area contributed by atoms with E-state index in [0.29, 0.717) is 41.6 Å². The standard InChI is InChI=1S/C38H52O5/c1-27(40)42-35-21-20-34-36-29(17-11-8-6-4-3-5-7-9-14-24-39)25-30-26-31(43-37(41)28-15-12-10-13-16-28)18-19-32(30)33(36)22-23-38(34,35)2/h10,12-13,15-16,18-19,26,29,33-36,39H,3-9,11,14,17,20-25H2,1-2H3/t29-,33-,34+,35+,36-,38+/m1/s1. The molecule has 0 amide bonds. The molecule has 3 aliphatic rings. The molecule has 2 aromatic carbocycles. The fourth-order valence-electron chi connectivity index (χ4n) is 8.95. The molecule has 2 fully saturated rings. The Bertz CT molecular complexity index is 1210. The van der Waals surface area contributed by atoms with Gasteiger partial charge in [-0.25, -0.2) is 4.79 Å². The van der Waals surface area contributed by atoms with E-state index in [0.717, 1.165) is 44.9 Å². The van der Waals surface area contributed by atoms with Crippen molar-refractivity contribution in [1.29, 1.82) is 0 Å². The zero-order chi connectivity index (χ0) is 30.2. The van der Waals surface area contributed by atoms with Gasteiger partial charge < -0.3 is 14.6 Å².